The van der Waals surface area contributed by atoms with Crippen molar-refractivity contribution >= 4 is 28.9 Å². The van der Waals surface area contributed by atoms with E-state index < -0.39 is 0 Å². The van der Waals surface area contributed by atoms with Crippen LogP contribution in [0.15, 0.2) is 34.5 Å². The van der Waals surface area contributed by atoms with Gasteiger partial charge in [-0.15, -0.1) is 23.1 Å². The molecule has 1 aromatic carbocycles. The van der Waals surface area contributed by atoms with Crippen LogP contribution >= 0.6 is 23.1 Å². The summed E-state index contributed by atoms with van der Waals surface area (Å²) < 4.78 is 0. The summed E-state index contributed by atoms with van der Waals surface area (Å²) in [5.41, 5.74) is 2.34. The van der Waals surface area contributed by atoms with Gasteiger partial charge in [0.05, 0.1) is 17.9 Å². The van der Waals surface area contributed by atoms with E-state index in [0.29, 0.717) is 12.2 Å². The molecule has 112 valence electrons. The van der Waals surface area contributed by atoms with Crippen molar-refractivity contribution < 1.29 is 4.79 Å². The Bertz CT molecular complexity index is 626. The first-order valence-corrected chi connectivity index (χ1v) is 8.87. The number of aryl methyl sites for hydroxylation is 1. The third-order valence-corrected chi connectivity index (χ3v) is 4.96. The maximum atomic E-state index is 12.1. The number of hydrogen-bond acceptors (Lipinski definition) is 4. The number of Topliss-reactive ketones (excluding diaryl/α,β-unsaturated/α-hetero) is 1. The van der Waals surface area contributed by atoms with Gasteiger partial charge in [-0.2, -0.15) is 0 Å². The highest BCUT2D eigenvalue weighted by Crippen LogP contribution is 2.25. The van der Waals surface area contributed by atoms with Crippen LogP contribution in [0.1, 0.15) is 37.0 Å². The molecule has 21 heavy (non-hydrogen) atoms. The first kappa shape index (κ1) is 16.2. The quantitative estimate of drug-likeness (QED) is 0.751. The molecule has 2 aromatic rings. The van der Waals surface area contributed by atoms with E-state index in [9.17, 15) is 4.79 Å². The van der Waals surface area contributed by atoms with Gasteiger partial charge in [-0.25, -0.2) is 4.98 Å². The summed E-state index contributed by atoms with van der Waals surface area (Å²) >= 11 is 3.19. The number of carbonyl (C=O) groups is 1. The molecule has 0 N–H and O–H groups in total. The second-order valence-corrected chi connectivity index (χ2v) is 8.19. The van der Waals surface area contributed by atoms with Crippen molar-refractivity contribution in [2.24, 2.45) is 0 Å². The van der Waals surface area contributed by atoms with Gasteiger partial charge in [0.15, 0.2) is 0 Å². The maximum Gasteiger partial charge on any atom is 0.149 e. The van der Waals surface area contributed by atoms with Gasteiger partial charge in [0.25, 0.3) is 0 Å². The second-order valence-electron chi connectivity index (χ2n) is 6.20. The predicted molar refractivity (Wildman–Crippen MR) is 91.4 cm³/mol. The molecule has 0 radical (unpaired) electrons. The van der Waals surface area contributed by atoms with Crippen molar-refractivity contribution in [3.05, 3.63) is 45.9 Å². The average molecular weight is 319 g/mol. The SMILES string of the molecule is Cc1cccc(SCC(=O)Cc2nc(C(C)(C)C)cs2)c1. The summed E-state index contributed by atoms with van der Waals surface area (Å²) in [5.74, 6) is 0.741. The number of benzene rings is 1. The zero-order valence-electron chi connectivity index (χ0n) is 13.0. The summed E-state index contributed by atoms with van der Waals surface area (Å²) in [6.07, 6.45) is 0.444. The Morgan fingerprint density at radius 3 is 2.71 bits per heavy atom. The minimum atomic E-state index is 0.0497. The Hall–Kier alpha value is -1.13. The molecule has 4 heteroatoms. The number of hydrogen-bond donors (Lipinski definition) is 0. The fraction of sp³-hybridized carbons (Fsp3) is 0.412. The first-order valence-electron chi connectivity index (χ1n) is 7.00. The molecule has 1 heterocycles. The van der Waals surface area contributed by atoms with E-state index in [0.717, 1.165) is 15.6 Å². The predicted octanol–water partition coefficient (Wildman–Crippen LogP) is 4.65. The largest absolute Gasteiger partial charge is 0.298 e. The lowest BCUT2D eigenvalue weighted by atomic mass is 9.93. The summed E-state index contributed by atoms with van der Waals surface area (Å²) in [7, 11) is 0. The second kappa shape index (κ2) is 6.75. The highest BCUT2D eigenvalue weighted by molar-refractivity contribution is 8.00. The van der Waals surface area contributed by atoms with E-state index in [1.165, 1.54) is 5.56 Å². The molecule has 0 saturated carbocycles. The van der Waals surface area contributed by atoms with Crippen LogP contribution in [0.4, 0.5) is 0 Å². The highest BCUT2D eigenvalue weighted by Gasteiger charge is 2.18. The van der Waals surface area contributed by atoms with E-state index >= 15 is 0 Å². The minimum Gasteiger partial charge on any atom is -0.298 e. The number of aromatic nitrogens is 1. The Morgan fingerprint density at radius 2 is 2.10 bits per heavy atom. The molecule has 0 aliphatic heterocycles. The molecule has 0 fully saturated rings. The molecule has 0 aliphatic carbocycles. The zero-order valence-corrected chi connectivity index (χ0v) is 14.6. The summed E-state index contributed by atoms with van der Waals surface area (Å²) in [6, 6.07) is 8.25. The van der Waals surface area contributed by atoms with Crippen LogP contribution in [0.3, 0.4) is 0 Å². The topological polar surface area (TPSA) is 30.0 Å². The van der Waals surface area contributed by atoms with Crippen LogP contribution in [-0.4, -0.2) is 16.5 Å². The van der Waals surface area contributed by atoms with Gasteiger partial charge in [0.1, 0.15) is 10.8 Å². The summed E-state index contributed by atoms with van der Waals surface area (Å²) in [5, 5.41) is 2.99. The molecule has 0 spiro atoms. The van der Waals surface area contributed by atoms with Crippen LogP contribution in [0, 0.1) is 6.92 Å². The molecule has 0 atom stereocenters. The fourth-order valence-corrected chi connectivity index (χ4v) is 3.75. The van der Waals surface area contributed by atoms with Gasteiger partial charge in [-0.3, -0.25) is 4.79 Å². The molecular formula is C17H21NOS2. The van der Waals surface area contributed by atoms with Gasteiger partial charge in [0.2, 0.25) is 0 Å². The standard InChI is InChI=1S/C17H21NOS2/c1-12-6-5-7-14(8-12)20-10-13(19)9-16-18-15(11-21-16)17(2,3)4/h5-8,11H,9-10H2,1-4H3. The Labute approximate surface area is 135 Å². The maximum absolute atomic E-state index is 12.1. The van der Waals surface area contributed by atoms with Crippen molar-refractivity contribution in [1.29, 1.82) is 0 Å². The molecule has 0 saturated heterocycles. The van der Waals surface area contributed by atoms with Crippen LogP contribution in [0.25, 0.3) is 0 Å². The molecule has 0 bridgehead atoms. The van der Waals surface area contributed by atoms with Crippen molar-refractivity contribution in [3.63, 3.8) is 0 Å². The molecule has 0 aliphatic rings. The van der Waals surface area contributed by atoms with Crippen molar-refractivity contribution in [2.75, 3.05) is 5.75 Å². The van der Waals surface area contributed by atoms with E-state index in [-0.39, 0.29) is 11.2 Å². The molecule has 0 unspecified atom stereocenters. The van der Waals surface area contributed by atoms with Crippen LogP contribution in [0.2, 0.25) is 0 Å². The summed E-state index contributed by atoms with van der Waals surface area (Å²) in [4.78, 5) is 17.8. The number of thiazole rings is 1. The molecule has 0 amide bonds. The van der Waals surface area contributed by atoms with Gasteiger partial charge in [-0.05, 0) is 19.1 Å². The highest BCUT2D eigenvalue weighted by atomic mass is 32.2. The van der Waals surface area contributed by atoms with Gasteiger partial charge < -0.3 is 0 Å². The van der Waals surface area contributed by atoms with Crippen molar-refractivity contribution in [1.82, 2.24) is 4.98 Å². The van der Waals surface area contributed by atoms with Crippen LogP contribution < -0.4 is 0 Å². The number of rotatable bonds is 5. The average Bonchev–Trinajstić information content (AvgIpc) is 2.85. The lowest BCUT2D eigenvalue weighted by Crippen LogP contribution is -2.12. The number of carbonyl (C=O) groups excluding carboxylic acids is 1. The van der Waals surface area contributed by atoms with Gasteiger partial charge in [0, 0.05) is 15.7 Å². The Balaban J connectivity index is 1.89. The first-order chi connectivity index (χ1) is 9.84. The smallest absolute Gasteiger partial charge is 0.149 e. The summed E-state index contributed by atoms with van der Waals surface area (Å²) in [6.45, 7) is 8.49. The lowest BCUT2D eigenvalue weighted by Gasteiger charge is -2.14. The number of nitrogens with zero attached hydrogens (tertiary/aromatic N) is 1. The minimum absolute atomic E-state index is 0.0497. The molecule has 2 nitrogen and oxygen atoms in total. The van der Waals surface area contributed by atoms with Crippen molar-refractivity contribution in [2.45, 2.75) is 44.4 Å². The van der Waals surface area contributed by atoms with Crippen LogP contribution in [0.5, 0.6) is 0 Å². The lowest BCUT2D eigenvalue weighted by molar-refractivity contribution is -0.116. The van der Waals surface area contributed by atoms with E-state index in [4.69, 9.17) is 0 Å². The third-order valence-electron chi connectivity index (χ3n) is 3.06. The number of ketones is 1. The van der Waals surface area contributed by atoms with Crippen LogP contribution in [-0.2, 0) is 16.6 Å². The molecule has 1 aromatic heterocycles. The van der Waals surface area contributed by atoms with Crippen molar-refractivity contribution in [3.8, 4) is 0 Å². The third kappa shape index (κ3) is 4.97. The fourth-order valence-electron chi connectivity index (χ4n) is 1.83. The van der Waals surface area contributed by atoms with E-state index in [1.54, 1.807) is 23.1 Å². The zero-order chi connectivity index (χ0) is 15.5. The molecular weight excluding hydrogens is 298 g/mol. The molecule has 2 rings (SSSR count). The van der Waals surface area contributed by atoms with E-state index in [2.05, 4.69) is 50.2 Å². The normalized spacial score (nSPS) is 11.6. The Kier molecular flexibility index (Phi) is 5.22. The number of thioether (sulfide) groups is 1. The van der Waals surface area contributed by atoms with Gasteiger partial charge >= 0.3 is 0 Å². The van der Waals surface area contributed by atoms with Gasteiger partial charge in [-0.1, -0.05) is 38.5 Å². The Morgan fingerprint density at radius 1 is 1.33 bits per heavy atom. The monoisotopic (exact) mass is 319 g/mol. The van der Waals surface area contributed by atoms with E-state index in [1.807, 2.05) is 12.1 Å².